The zero-order chi connectivity index (χ0) is 15.6. The van der Waals surface area contributed by atoms with Crippen LogP contribution in [0.2, 0.25) is 0 Å². The van der Waals surface area contributed by atoms with Crippen LogP contribution in [0.25, 0.3) is 0 Å². The number of anilines is 1. The van der Waals surface area contributed by atoms with Crippen molar-refractivity contribution in [2.45, 2.75) is 18.6 Å². The minimum atomic E-state index is -1.23. The van der Waals surface area contributed by atoms with E-state index in [-0.39, 0.29) is 24.2 Å². The van der Waals surface area contributed by atoms with Crippen LogP contribution in [-0.2, 0) is 4.79 Å². The number of halogens is 1. The number of amides is 2. The molecule has 0 aliphatic carbocycles. The Balaban J connectivity index is 2.14. The smallest absolute Gasteiger partial charge is 0.326 e. The van der Waals surface area contributed by atoms with Crippen LogP contribution in [0.15, 0.2) is 18.2 Å². The highest BCUT2D eigenvalue weighted by Crippen LogP contribution is 2.21. The lowest BCUT2D eigenvalue weighted by atomic mass is 10.2. The van der Waals surface area contributed by atoms with Gasteiger partial charge in [0.1, 0.15) is 11.9 Å². The van der Waals surface area contributed by atoms with E-state index in [0.717, 1.165) is 11.0 Å². The van der Waals surface area contributed by atoms with Crippen molar-refractivity contribution in [1.29, 1.82) is 5.26 Å². The van der Waals surface area contributed by atoms with Gasteiger partial charge in [-0.2, -0.15) is 5.26 Å². The zero-order valence-corrected chi connectivity index (χ0v) is 10.8. The SMILES string of the molecule is N#Cc1ccc(NC(=O)N2C[C@H](O)C[C@@H]2C(=O)O)c(F)c1. The summed E-state index contributed by atoms with van der Waals surface area (Å²) in [6.45, 7) is -0.138. The molecule has 0 spiro atoms. The van der Waals surface area contributed by atoms with E-state index >= 15 is 0 Å². The van der Waals surface area contributed by atoms with Crippen molar-refractivity contribution in [3.8, 4) is 6.07 Å². The second-order valence-electron chi connectivity index (χ2n) is 4.63. The van der Waals surface area contributed by atoms with Crippen LogP contribution in [0, 0.1) is 17.1 Å². The summed E-state index contributed by atoms with van der Waals surface area (Å²) in [5, 5.41) is 29.3. The fraction of sp³-hybridized carbons (Fsp3) is 0.308. The molecule has 1 saturated heterocycles. The van der Waals surface area contributed by atoms with Crippen LogP contribution >= 0.6 is 0 Å². The Labute approximate surface area is 119 Å². The molecule has 1 aromatic rings. The van der Waals surface area contributed by atoms with E-state index in [1.165, 1.54) is 12.1 Å². The number of β-amino-alcohol motifs (C(OH)–C–C–N with tert-alkyl or cyclic N) is 1. The standard InChI is InChI=1S/C13H12FN3O4/c14-9-3-7(5-15)1-2-10(9)16-13(21)17-6-8(18)4-11(17)12(19)20/h1-3,8,11,18H,4,6H2,(H,16,21)(H,19,20)/t8-,11-/m1/s1. The number of likely N-dealkylation sites (tertiary alicyclic amines) is 1. The molecule has 0 aromatic heterocycles. The number of aliphatic hydroxyl groups is 1. The van der Waals surface area contributed by atoms with Gasteiger partial charge in [0.05, 0.1) is 23.4 Å². The molecule has 0 saturated carbocycles. The maximum atomic E-state index is 13.7. The van der Waals surface area contributed by atoms with Gasteiger partial charge in [-0.05, 0) is 18.2 Å². The monoisotopic (exact) mass is 293 g/mol. The van der Waals surface area contributed by atoms with Gasteiger partial charge in [0.15, 0.2) is 0 Å². The van der Waals surface area contributed by atoms with Gasteiger partial charge in [0.2, 0.25) is 0 Å². The number of aliphatic carboxylic acids is 1. The average Bonchev–Trinajstić information content (AvgIpc) is 2.83. The molecule has 1 aliphatic heterocycles. The fourth-order valence-corrected chi connectivity index (χ4v) is 2.15. The fourth-order valence-electron chi connectivity index (χ4n) is 2.15. The molecule has 2 atom stereocenters. The number of nitrogens with one attached hydrogen (secondary N) is 1. The molecule has 0 bridgehead atoms. The lowest BCUT2D eigenvalue weighted by molar-refractivity contribution is -0.141. The van der Waals surface area contributed by atoms with E-state index in [9.17, 15) is 19.1 Å². The summed E-state index contributed by atoms with van der Waals surface area (Å²) in [6.07, 6.45) is -0.999. The number of carbonyl (C=O) groups is 2. The Bertz CT molecular complexity index is 628. The Morgan fingerprint density at radius 3 is 2.76 bits per heavy atom. The summed E-state index contributed by atoms with van der Waals surface area (Å²) in [5.74, 6) is -2.03. The van der Waals surface area contributed by atoms with Crippen molar-refractivity contribution >= 4 is 17.7 Å². The second-order valence-corrected chi connectivity index (χ2v) is 4.63. The highest BCUT2D eigenvalue weighted by molar-refractivity contribution is 5.93. The summed E-state index contributed by atoms with van der Waals surface area (Å²) < 4.78 is 13.7. The van der Waals surface area contributed by atoms with Crippen molar-refractivity contribution in [2.24, 2.45) is 0 Å². The first-order chi connectivity index (χ1) is 9.92. The van der Waals surface area contributed by atoms with Crippen molar-refractivity contribution in [3.05, 3.63) is 29.6 Å². The number of nitrogens with zero attached hydrogens (tertiary/aromatic N) is 2. The van der Waals surface area contributed by atoms with E-state index in [4.69, 9.17) is 10.4 Å². The maximum Gasteiger partial charge on any atom is 0.326 e. The summed E-state index contributed by atoms with van der Waals surface area (Å²) >= 11 is 0. The maximum absolute atomic E-state index is 13.7. The molecule has 1 heterocycles. The Kier molecular flexibility index (Phi) is 4.05. The third-order valence-electron chi connectivity index (χ3n) is 3.16. The van der Waals surface area contributed by atoms with Gasteiger partial charge in [-0.15, -0.1) is 0 Å². The quantitative estimate of drug-likeness (QED) is 0.744. The van der Waals surface area contributed by atoms with Crippen LogP contribution < -0.4 is 5.32 Å². The summed E-state index contributed by atoms with van der Waals surface area (Å²) in [5.41, 5.74) is -0.0602. The number of hydrogen-bond acceptors (Lipinski definition) is 4. The van der Waals surface area contributed by atoms with Crippen LogP contribution in [-0.4, -0.2) is 45.8 Å². The Morgan fingerprint density at radius 1 is 1.48 bits per heavy atom. The van der Waals surface area contributed by atoms with Crippen molar-refractivity contribution in [3.63, 3.8) is 0 Å². The normalized spacial score (nSPS) is 20.9. The number of benzene rings is 1. The molecule has 2 rings (SSSR count). The predicted molar refractivity (Wildman–Crippen MR) is 68.9 cm³/mol. The largest absolute Gasteiger partial charge is 0.480 e. The molecular formula is C13H12FN3O4. The van der Waals surface area contributed by atoms with E-state index in [0.29, 0.717) is 0 Å². The summed E-state index contributed by atoms with van der Waals surface area (Å²) in [7, 11) is 0. The van der Waals surface area contributed by atoms with Crippen LogP contribution in [0.3, 0.4) is 0 Å². The number of rotatable bonds is 2. The van der Waals surface area contributed by atoms with Crippen molar-refractivity contribution in [2.75, 3.05) is 11.9 Å². The molecule has 0 radical (unpaired) electrons. The number of hydrogen-bond donors (Lipinski definition) is 3. The number of urea groups is 1. The molecule has 0 unspecified atom stereocenters. The predicted octanol–water partition coefficient (Wildman–Crippen LogP) is 0.749. The zero-order valence-electron chi connectivity index (χ0n) is 10.8. The first kappa shape index (κ1) is 14.7. The minimum Gasteiger partial charge on any atom is -0.480 e. The van der Waals surface area contributed by atoms with Crippen LogP contribution in [0.5, 0.6) is 0 Å². The van der Waals surface area contributed by atoms with Gasteiger partial charge in [-0.25, -0.2) is 14.0 Å². The third-order valence-corrected chi connectivity index (χ3v) is 3.16. The molecule has 1 aromatic carbocycles. The molecule has 2 amide bonds. The van der Waals surface area contributed by atoms with E-state index in [1.54, 1.807) is 6.07 Å². The number of carboxylic acids is 1. The van der Waals surface area contributed by atoms with Gasteiger partial charge in [-0.1, -0.05) is 0 Å². The summed E-state index contributed by atoms with van der Waals surface area (Å²) in [6, 6.07) is 3.29. The molecule has 21 heavy (non-hydrogen) atoms. The molecule has 1 fully saturated rings. The Morgan fingerprint density at radius 2 is 2.19 bits per heavy atom. The topological polar surface area (TPSA) is 114 Å². The first-order valence-corrected chi connectivity index (χ1v) is 6.10. The number of nitriles is 1. The van der Waals surface area contributed by atoms with E-state index in [2.05, 4.69) is 5.32 Å². The van der Waals surface area contributed by atoms with Gasteiger partial charge < -0.3 is 20.4 Å². The molecule has 1 aliphatic rings. The number of aliphatic hydroxyl groups excluding tert-OH is 1. The molecule has 7 nitrogen and oxygen atoms in total. The number of carboxylic acid groups (broad SMARTS) is 1. The lowest BCUT2D eigenvalue weighted by Gasteiger charge is -2.21. The van der Waals surface area contributed by atoms with Gasteiger partial charge in [-0.3, -0.25) is 0 Å². The minimum absolute atomic E-state index is 0.0708. The third kappa shape index (κ3) is 3.09. The average molecular weight is 293 g/mol. The van der Waals surface area contributed by atoms with Crippen molar-refractivity contribution in [1.82, 2.24) is 4.90 Å². The lowest BCUT2D eigenvalue weighted by Crippen LogP contribution is -2.43. The number of carbonyl (C=O) groups excluding carboxylic acids is 1. The molecule has 8 heteroatoms. The molecule has 3 N–H and O–H groups in total. The summed E-state index contributed by atoms with van der Waals surface area (Å²) in [4.78, 5) is 23.9. The van der Waals surface area contributed by atoms with E-state index < -0.39 is 30.0 Å². The van der Waals surface area contributed by atoms with Crippen LogP contribution in [0.1, 0.15) is 12.0 Å². The molecule has 110 valence electrons. The van der Waals surface area contributed by atoms with Crippen molar-refractivity contribution < 1.29 is 24.2 Å². The van der Waals surface area contributed by atoms with Gasteiger partial charge in [0.25, 0.3) is 0 Å². The van der Waals surface area contributed by atoms with Gasteiger partial charge in [0, 0.05) is 13.0 Å². The Hall–Kier alpha value is -2.66. The second kappa shape index (κ2) is 5.76. The highest BCUT2D eigenvalue weighted by Gasteiger charge is 2.39. The first-order valence-electron chi connectivity index (χ1n) is 6.10. The molecular weight excluding hydrogens is 281 g/mol. The highest BCUT2D eigenvalue weighted by atomic mass is 19.1. The van der Waals surface area contributed by atoms with Crippen LogP contribution in [0.4, 0.5) is 14.9 Å². The van der Waals surface area contributed by atoms with Gasteiger partial charge >= 0.3 is 12.0 Å². The van der Waals surface area contributed by atoms with E-state index in [1.807, 2.05) is 0 Å².